The van der Waals surface area contributed by atoms with Gasteiger partial charge in [-0.2, -0.15) is 0 Å². The number of fused-ring (bicyclic) bond motifs is 1. The van der Waals surface area contributed by atoms with Crippen LogP contribution in [0.1, 0.15) is 16.3 Å². The molecule has 3 N–H and O–H groups in total. The van der Waals surface area contributed by atoms with Gasteiger partial charge in [0.05, 0.1) is 5.52 Å². The molecule has 5 heteroatoms. The number of hydrogen-bond donors (Lipinski definition) is 2. The number of aromatic nitrogens is 2. The fourth-order valence-electron chi connectivity index (χ4n) is 1.41. The molecule has 0 aliphatic carbocycles. The van der Waals surface area contributed by atoms with Crippen LogP contribution in [0.3, 0.4) is 0 Å². The molecule has 0 saturated carbocycles. The zero-order valence-corrected chi connectivity index (χ0v) is 7.56. The molecule has 0 fully saturated rings. The summed E-state index contributed by atoms with van der Waals surface area (Å²) in [4.78, 5) is 14.7. The molecule has 2 aromatic heterocycles. The first-order chi connectivity index (χ1) is 6.59. The van der Waals surface area contributed by atoms with Crippen molar-refractivity contribution in [2.75, 3.05) is 5.73 Å². The van der Waals surface area contributed by atoms with Crippen molar-refractivity contribution in [1.29, 1.82) is 0 Å². The Labute approximate surface area is 79.8 Å². The molecule has 2 aromatic rings. The topological polar surface area (TPSA) is 80.6 Å². The zero-order valence-electron chi connectivity index (χ0n) is 7.56. The molecule has 14 heavy (non-hydrogen) atoms. The predicted octanol–water partition coefficient (Wildman–Crippen LogP) is 0.923. The second-order valence-electron chi connectivity index (χ2n) is 3.03. The van der Waals surface area contributed by atoms with E-state index in [0.29, 0.717) is 17.0 Å². The number of carbonyl (C=O) groups is 1. The van der Waals surface area contributed by atoms with Crippen LogP contribution >= 0.6 is 0 Å². The molecule has 0 aliphatic rings. The number of aryl methyl sites for hydroxylation is 1. The lowest BCUT2D eigenvalue weighted by molar-refractivity contribution is 0.0693. The van der Waals surface area contributed by atoms with Crippen molar-refractivity contribution < 1.29 is 9.90 Å². The Kier molecular flexibility index (Phi) is 1.67. The monoisotopic (exact) mass is 191 g/mol. The van der Waals surface area contributed by atoms with Gasteiger partial charge in [0.25, 0.3) is 0 Å². The lowest BCUT2D eigenvalue weighted by Gasteiger charge is -1.97. The maximum atomic E-state index is 10.8. The number of aromatic carboxylic acids is 1. The van der Waals surface area contributed by atoms with E-state index in [-0.39, 0.29) is 5.69 Å². The van der Waals surface area contributed by atoms with Gasteiger partial charge in [0.15, 0.2) is 5.69 Å². The second kappa shape index (κ2) is 2.73. The van der Waals surface area contributed by atoms with Crippen LogP contribution < -0.4 is 5.73 Å². The predicted molar refractivity (Wildman–Crippen MR) is 51.3 cm³/mol. The van der Waals surface area contributed by atoms with Gasteiger partial charge in [0, 0.05) is 11.9 Å². The Morgan fingerprint density at radius 3 is 2.93 bits per heavy atom. The average Bonchev–Trinajstić information content (AvgIpc) is 2.44. The van der Waals surface area contributed by atoms with Crippen LogP contribution in [0.15, 0.2) is 18.3 Å². The van der Waals surface area contributed by atoms with Crippen molar-refractivity contribution in [1.82, 2.24) is 9.38 Å². The Bertz CT molecular complexity index is 516. The first-order valence-corrected chi connectivity index (χ1v) is 4.07. The Hall–Kier alpha value is -2.04. The van der Waals surface area contributed by atoms with Gasteiger partial charge in [-0.05, 0) is 19.1 Å². The molecule has 0 bridgehead atoms. The summed E-state index contributed by atoms with van der Waals surface area (Å²) in [6, 6.07) is 3.31. The minimum Gasteiger partial charge on any atom is -0.476 e. The molecule has 5 nitrogen and oxygen atoms in total. The Morgan fingerprint density at radius 1 is 1.57 bits per heavy atom. The third-order valence-corrected chi connectivity index (χ3v) is 2.04. The maximum Gasteiger partial charge on any atom is 0.356 e. The summed E-state index contributed by atoms with van der Waals surface area (Å²) in [6.07, 6.45) is 1.66. The van der Waals surface area contributed by atoms with Crippen molar-refractivity contribution in [3.8, 4) is 0 Å². The van der Waals surface area contributed by atoms with Crippen LogP contribution in [0.5, 0.6) is 0 Å². The highest BCUT2D eigenvalue weighted by Gasteiger charge is 2.13. The van der Waals surface area contributed by atoms with E-state index in [1.807, 2.05) is 0 Å². The fraction of sp³-hybridized carbons (Fsp3) is 0.111. The molecule has 0 amide bonds. The molecule has 2 heterocycles. The normalized spacial score (nSPS) is 10.6. The van der Waals surface area contributed by atoms with Crippen LogP contribution in [0.25, 0.3) is 5.52 Å². The molecule has 72 valence electrons. The van der Waals surface area contributed by atoms with Crippen LogP contribution in [-0.2, 0) is 0 Å². The molecular formula is C9H9N3O2. The standard InChI is InChI=1S/C9H9N3O2/c1-5-11-8(9(13)14)7-3-2-6(10)4-12(5)7/h2-4H,10H2,1H3,(H,13,14). The molecule has 0 saturated heterocycles. The van der Waals surface area contributed by atoms with Crippen LogP contribution in [-0.4, -0.2) is 20.5 Å². The SMILES string of the molecule is Cc1nc(C(=O)O)c2ccc(N)cn12. The van der Waals surface area contributed by atoms with E-state index in [0.717, 1.165) is 0 Å². The fourth-order valence-corrected chi connectivity index (χ4v) is 1.41. The zero-order chi connectivity index (χ0) is 10.3. The highest BCUT2D eigenvalue weighted by molar-refractivity contribution is 5.93. The van der Waals surface area contributed by atoms with Crippen LogP contribution in [0.2, 0.25) is 0 Å². The van der Waals surface area contributed by atoms with Crippen LogP contribution in [0, 0.1) is 6.92 Å². The van der Waals surface area contributed by atoms with Gasteiger partial charge in [-0.25, -0.2) is 9.78 Å². The number of pyridine rings is 1. The van der Waals surface area contributed by atoms with E-state index in [4.69, 9.17) is 10.8 Å². The largest absolute Gasteiger partial charge is 0.476 e. The van der Waals surface area contributed by atoms with Gasteiger partial charge < -0.3 is 15.2 Å². The quantitative estimate of drug-likeness (QED) is 0.702. The number of hydrogen-bond acceptors (Lipinski definition) is 3. The molecule has 0 radical (unpaired) electrons. The number of imidazole rings is 1. The molecule has 0 atom stereocenters. The van der Waals surface area contributed by atoms with E-state index >= 15 is 0 Å². The summed E-state index contributed by atoms with van der Waals surface area (Å²) < 4.78 is 1.67. The molecule has 0 aromatic carbocycles. The summed E-state index contributed by atoms with van der Waals surface area (Å²) in [7, 11) is 0. The van der Waals surface area contributed by atoms with E-state index in [2.05, 4.69) is 4.98 Å². The summed E-state index contributed by atoms with van der Waals surface area (Å²) in [5, 5.41) is 8.86. The van der Waals surface area contributed by atoms with E-state index in [9.17, 15) is 4.79 Å². The van der Waals surface area contributed by atoms with Gasteiger partial charge >= 0.3 is 5.97 Å². The van der Waals surface area contributed by atoms with Gasteiger partial charge in [-0.1, -0.05) is 0 Å². The Balaban J connectivity index is 2.84. The third kappa shape index (κ3) is 1.10. The lowest BCUT2D eigenvalue weighted by atomic mass is 10.3. The molecular weight excluding hydrogens is 182 g/mol. The minimum atomic E-state index is -1.03. The average molecular weight is 191 g/mol. The van der Waals surface area contributed by atoms with Crippen molar-refractivity contribution in [3.05, 3.63) is 29.8 Å². The first kappa shape index (κ1) is 8.55. The van der Waals surface area contributed by atoms with Gasteiger partial charge in [-0.3, -0.25) is 0 Å². The van der Waals surface area contributed by atoms with E-state index in [1.165, 1.54) is 0 Å². The molecule has 2 rings (SSSR count). The molecule has 0 spiro atoms. The maximum absolute atomic E-state index is 10.8. The Morgan fingerprint density at radius 2 is 2.29 bits per heavy atom. The number of nitrogens with zero attached hydrogens (tertiary/aromatic N) is 2. The summed E-state index contributed by atoms with van der Waals surface area (Å²) in [5.41, 5.74) is 6.78. The number of carboxylic acids is 1. The second-order valence-corrected chi connectivity index (χ2v) is 3.03. The van der Waals surface area contributed by atoms with Crippen molar-refractivity contribution in [2.24, 2.45) is 0 Å². The van der Waals surface area contributed by atoms with Gasteiger partial charge in [0.2, 0.25) is 0 Å². The summed E-state index contributed by atoms with van der Waals surface area (Å²) in [6.45, 7) is 1.74. The molecule has 0 aliphatic heterocycles. The summed E-state index contributed by atoms with van der Waals surface area (Å²) >= 11 is 0. The lowest BCUT2D eigenvalue weighted by Crippen LogP contribution is -1.97. The van der Waals surface area contributed by atoms with Gasteiger partial charge in [0.1, 0.15) is 5.82 Å². The smallest absolute Gasteiger partial charge is 0.356 e. The highest BCUT2D eigenvalue weighted by atomic mass is 16.4. The highest BCUT2D eigenvalue weighted by Crippen LogP contribution is 2.15. The van der Waals surface area contributed by atoms with E-state index < -0.39 is 5.97 Å². The van der Waals surface area contributed by atoms with Crippen molar-refractivity contribution >= 4 is 17.2 Å². The van der Waals surface area contributed by atoms with Gasteiger partial charge in [-0.15, -0.1) is 0 Å². The number of nitrogens with two attached hydrogens (primary N) is 1. The first-order valence-electron chi connectivity index (χ1n) is 4.07. The van der Waals surface area contributed by atoms with Crippen molar-refractivity contribution in [2.45, 2.75) is 6.92 Å². The number of anilines is 1. The number of rotatable bonds is 1. The van der Waals surface area contributed by atoms with Crippen LogP contribution in [0.4, 0.5) is 5.69 Å². The molecule has 0 unspecified atom stereocenters. The van der Waals surface area contributed by atoms with E-state index in [1.54, 1.807) is 29.7 Å². The number of carboxylic acid groups (broad SMARTS) is 1. The summed E-state index contributed by atoms with van der Waals surface area (Å²) in [5.74, 6) is -0.412. The minimum absolute atomic E-state index is 0.0579. The third-order valence-electron chi connectivity index (χ3n) is 2.04. The van der Waals surface area contributed by atoms with Crippen molar-refractivity contribution in [3.63, 3.8) is 0 Å². The number of nitrogen functional groups attached to an aromatic ring is 1.